The molecule has 6 heteroatoms. The molecule has 0 heterocycles. The van der Waals surface area contributed by atoms with Crippen LogP contribution in [0.1, 0.15) is 32.1 Å². The van der Waals surface area contributed by atoms with Crippen LogP contribution in [0.25, 0.3) is 0 Å². The molecule has 1 aromatic rings. The van der Waals surface area contributed by atoms with Crippen LogP contribution in [0, 0.1) is 0 Å². The maximum absolute atomic E-state index is 12.2. The van der Waals surface area contributed by atoms with Crippen molar-refractivity contribution < 1.29 is 8.42 Å². The lowest BCUT2D eigenvalue weighted by molar-refractivity contribution is 0.486. The van der Waals surface area contributed by atoms with Crippen molar-refractivity contribution in [3.05, 3.63) is 22.7 Å². The van der Waals surface area contributed by atoms with E-state index in [4.69, 9.17) is 5.73 Å². The summed E-state index contributed by atoms with van der Waals surface area (Å²) in [6, 6.07) is 5.06. The number of nitrogens with two attached hydrogens (primary N) is 1. The van der Waals surface area contributed by atoms with Gasteiger partial charge in [0.15, 0.2) is 0 Å². The Balaban J connectivity index is 2.16. The number of nitrogens with one attached hydrogen (secondary N) is 1. The summed E-state index contributed by atoms with van der Waals surface area (Å²) in [4.78, 5) is 0. The third-order valence-corrected chi connectivity index (χ3v) is 5.75. The molecule has 1 fully saturated rings. The van der Waals surface area contributed by atoms with Gasteiger partial charge in [0.25, 0.3) is 0 Å². The second kappa shape index (κ2) is 5.48. The number of sulfonamides is 1. The van der Waals surface area contributed by atoms with Crippen LogP contribution in [0.3, 0.4) is 0 Å². The van der Waals surface area contributed by atoms with Gasteiger partial charge >= 0.3 is 0 Å². The molecule has 1 aliphatic rings. The van der Waals surface area contributed by atoms with Gasteiger partial charge < -0.3 is 5.73 Å². The first-order chi connectivity index (χ1) is 8.49. The predicted molar refractivity (Wildman–Crippen MR) is 78.0 cm³/mol. The molecule has 18 heavy (non-hydrogen) atoms. The molecule has 0 atom stereocenters. The molecule has 0 amide bonds. The van der Waals surface area contributed by atoms with Gasteiger partial charge in [0.1, 0.15) is 0 Å². The molecule has 2 rings (SSSR count). The van der Waals surface area contributed by atoms with Crippen molar-refractivity contribution in [3.8, 4) is 0 Å². The lowest BCUT2D eigenvalue weighted by atomic mass is 10.0. The number of rotatable bonds is 3. The molecule has 0 unspecified atom stereocenters. The quantitative estimate of drug-likeness (QED) is 0.835. The minimum Gasteiger partial charge on any atom is -0.399 e. The van der Waals surface area contributed by atoms with Crippen LogP contribution in [-0.2, 0) is 10.0 Å². The highest BCUT2D eigenvalue weighted by molar-refractivity contribution is 9.10. The highest BCUT2D eigenvalue weighted by atomic mass is 79.9. The summed E-state index contributed by atoms with van der Waals surface area (Å²) in [7, 11) is -3.29. The molecule has 1 aromatic carbocycles. The van der Waals surface area contributed by atoms with E-state index in [9.17, 15) is 8.42 Å². The lowest BCUT2D eigenvalue weighted by Crippen LogP contribution is -2.29. The van der Waals surface area contributed by atoms with Crippen molar-refractivity contribution in [2.24, 2.45) is 0 Å². The third-order valence-electron chi connectivity index (χ3n) is 3.24. The summed E-state index contributed by atoms with van der Waals surface area (Å²) in [5, 5.41) is -0.268. The fraction of sp³-hybridized carbons (Fsp3) is 0.500. The molecule has 0 spiro atoms. The summed E-state index contributed by atoms with van der Waals surface area (Å²) in [6.07, 6.45) is 4.63. The van der Waals surface area contributed by atoms with Crippen LogP contribution >= 0.6 is 15.9 Å². The maximum atomic E-state index is 12.2. The Morgan fingerprint density at radius 1 is 1.22 bits per heavy atom. The van der Waals surface area contributed by atoms with Gasteiger partial charge in [0, 0.05) is 10.2 Å². The van der Waals surface area contributed by atoms with Gasteiger partial charge in [-0.1, -0.05) is 19.3 Å². The van der Waals surface area contributed by atoms with Crippen LogP contribution in [0.15, 0.2) is 22.7 Å². The van der Waals surface area contributed by atoms with Crippen molar-refractivity contribution >= 4 is 37.3 Å². The first kappa shape index (κ1) is 13.7. The molecule has 100 valence electrons. The average Bonchev–Trinajstić information content (AvgIpc) is 2.34. The van der Waals surface area contributed by atoms with Crippen molar-refractivity contribution in [1.29, 1.82) is 0 Å². The number of anilines is 2. The molecule has 3 N–H and O–H groups in total. The number of nitrogen functional groups attached to an aromatic ring is 1. The topological polar surface area (TPSA) is 72.2 Å². The second-order valence-corrected chi connectivity index (χ2v) is 7.46. The van der Waals surface area contributed by atoms with Gasteiger partial charge in [-0.15, -0.1) is 0 Å². The Morgan fingerprint density at radius 2 is 1.89 bits per heavy atom. The molecule has 0 saturated heterocycles. The fourth-order valence-corrected chi connectivity index (χ4v) is 4.46. The summed E-state index contributed by atoms with van der Waals surface area (Å²) >= 11 is 3.32. The van der Waals surface area contributed by atoms with Crippen LogP contribution in [0.4, 0.5) is 11.4 Å². The Labute approximate surface area is 116 Å². The Hall–Kier alpha value is -0.750. The van der Waals surface area contributed by atoms with E-state index in [1.54, 1.807) is 18.2 Å². The molecule has 1 saturated carbocycles. The normalized spacial score (nSPS) is 17.6. The zero-order valence-electron chi connectivity index (χ0n) is 10.0. The smallest absolute Gasteiger partial charge is 0.235 e. The Bertz CT molecular complexity index is 525. The Kier molecular flexibility index (Phi) is 4.17. The fourth-order valence-electron chi connectivity index (χ4n) is 2.23. The van der Waals surface area contributed by atoms with Crippen LogP contribution in [0.2, 0.25) is 0 Å². The van der Waals surface area contributed by atoms with Crippen LogP contribution < -0.4 is 10.5 Å². The lowest BCUT2D eigenvalue weighted by Gasteiger charge is -2.22. The highest BCUT2D eigenvalue weighted by Crippen LogP contribution is 2.29. The van der Waals surface area contributed by atoms with Gasteiger partial charge in [0.05, 0.1) is 10.9 Å². The molecule has 4 nitrogen and oxygen atoms in total. The van der Waals surface area contributed by atoms with Crippen LogP contribution in [0.5, 0.6) is 0 Å². The van der Waals surface area contributed by atoms with Crippen molar-refractivity contribution in [1.82, 2.24) is 0 Å². The van der Waals surface area contributed by atoms with Crippen molar-refractivity contribution in [2.75, 3.05) is 10.5 Å². The minimum atomic E-state index is -3.29. The zero-order chi connectivity index (χ0) is 13.2. The van der Waals surface area contributed by atoms with E-state index >= 15 is 0 Å². The van der Waals surface area contributed by atoms with Crippen molar-refractivity contribution in [2.45, 2.75) is 37.4 Å². The van der Waals surface area contributed by atoms with Gasteiger partial charge in [-0.25, -0.2) is 8.42 Å². The van der Waals surface area contributed by atoms with Gasteiger partial charge in [-0.2, -0.15) is 0 Å². The second-order valence-electron chi connectivity index (χ2n) is 4.65. The third kappa shape index (κ3) is 3.17. The standard InChI is InChI=1S/C12H17BrN2O2S/c13-11-8-9(14)6-7-12(11)15-18(16,17)10-4-2-1-3-5-10/h6-8,10,15H,1-5,14H2. The van der Waals surface area contributed by atoms with E-state index in [2.05, 4.69) is 20.7 Å². The summed E-state index contributed by atoms with van der Waals surface area (Å²) in [6.45, 7) is 0. The number of hydrogen-bond acceptors (Lipinski definition) is 3. The van der Waals surface area contributed by atoms with Crippen molar-refractivity contribution in [3.63, 3.8) is 0 Å². The number of hydrogen-bond donors (Lipinski definition) is 2. The average molecular weight is 333 g/mol. The van der Waals surface area contributed by atoms with E-state index in [-0.39, 0.29) is 5.25 Å². The molecule has 0 aromatic heterocycles. The SMILES string of the molecule is Nc1ccc(NS(=O)(=O)C2CCCCC2)c(Br)c1. The van der Waals surface area contributed by atoms with Crippen LogP contribution in [-0.4, -0.2) is 13.7 Å². The summed E-state index contributed by atoms with van der Waals surface area (Å²) in [5.74, 6) is 0. The van der Waals surface area contributed by atoms with E-state index in [0.717, 1.165) is 32.1 Å². The van der Waals surface area contributed by atoms with E-state index in [1.165, 1.54) is 0 Å². The highest BCUT2D eigenvalue weighted by Gasteiger charge is 2.27. The molecule has 1 aliphatic carbocycles. The predicted octanol–water partition coefficient (Wildman–Crippen LogP) is 3.11. The molecular weight excluding hydrogens is 316 g/mol. The van der Waals surface area contributed by atoms with Gasteiger partial charge in [-0.3, -0.25) is 4.72 Å². The summed E-state index contributed by atoms with van der Waals surface area (Å²) in [5.41, 5.74) is 6.78. The maximum Gasteiger partial charge on any atom is 0.235 e. The van der Waals surface area contributed by atoms with Gasteiger partial charge in [0.2, 0.25) is 10.0 Å². The number of halogens is 1. The summed E-state index contributed by atoms with van der Waals surface area (Å²) < 4.78 is 27.8. The van der Waals surface area contributed by atoms with E-state index < -0.39 is 10.0 Å². The monoisotopic (exact) mass is 332 g/mol. The number of benzene rings is 1. The first-order valence-corrected chi connectivity index (χ1v) is 8.39. The van der Waals surface area contributed by atoms with E-state index in [0.29, 0.717) is 15.8 Å². The zero-order valence-corrected chi connectivity index (χ0v) is 12.4. The molecule has 0 bridgehead atoms. The minimum absolute atomic E-state index is 0.268. The molecular formula is C12H17BrN2O2S. The first-order valence-electron chi connectivity index (χ1n) is 6.06. The molecule has 0 aliphatic heterocycles. The molecule has 0 radical (unpaired) electrons. The Morgan fingerprint density at radius 3 is 2.50 bits per heavy atom. The largest absolute Gasteiger partial charge is 0.399 e. The van der Waals surface area contributed by atoms with E-state index in [1.807, 2.05) is 0 Å². The van der Waals surface area contributed by atoms with Gasteiger partial charge in [-0.05, 0) is 47.0 Å².